The summed E-state index contributed by atoms with van der Waals surface area (Å²) < 4.78 is 87.1. The smallest absolute Gasteiger partial charge is 0.417 e. The number of nitrogens with zero attached hydrogens (tertiary/aromatic N) is 1. The number of hydrogen-bond acceptors (Lipinski definition) is 6. The Morgan fingerprint density at radius 2 is 1.97 bits per heavy atom. The summed E-state index contributed by atoms with van der Waals surface area (Å²) in [6, 6.07) is 4.68. The van der Waals surface area contributed by atoms with E-state index in [-0.39, 0.29) is 24.5 Å². The Bertz CT molecular complexity index is 1080. The van der Waals surface area contributed by atoms with Gasteiger partial charge in [0.2, 0.25) is 5.82 Å². The van der Waals surface area contributed by atoms with Crippen molar-refractivity contribution in [1.29, 1.82) is 0 Å². The van der Waals surface area contributed by atoms with Crippen molar-refractivity contribution in [3.8, 4) is 5.75 Å². The molecular weight excluding hydrogens is 491 g/mol. The Kier molecular flexibility index (Phi) is 8.21. The highest BCUT2D eigenvalue weighted by Gasteiger charge is 2.66. The van der Waals surface area contributed by atoms with Crippen LogP contribution in [0.5, 0.6) is 5.75 Å². The molecule has 36 heavy (non-hydrogen) atoms. The minimum atomic E-state index is -4.88. The average molecular weight is 518 g/mol. The van der Waals surface area contributed by atoms with Crippen molar-refractivity contribution in [1.82, 2.24) is 4.98 Å². The van der Waals surface area contributed by atoms with Crippen LogP contribution in [0.1, 0.15) is 37.9 Å². The van der Waals surface area contributed by atoms with Crippen molar-refractivity contribution in [3.63, 3.8) is 0 Å². The minimum Gasteiger partial charge on any atom is -0.487 e. The van der Waals surface area contributed by atoms with Crippen molar-refractivity contribution >= 4 is 11.6 Å². The molecule has 3 rings (SSSR count). The monoisotopic (exact) mass is 518 g/mol. The lowest BCUT2D eigenvalue weighted by atomic mass is 9.77. The van der Waals surface area contributed by atoms with Crippen LogP contribution in [0.25, 0.3) is 0 Å². The third kappa shape index (κ3) is 5.30. The van der Waals surface area contributed by atoms with E-state index in [1.54, 1.807) is 6.92 Å². The van der Waals surface area contributed by atoms with Gasteiger partial charge in [-0.05, 0) is 32.0 Å². The Morgan fingerprint density at radius 3 is 2.53 bits per heavy atom. The third-order valence-corrected chi connectivity index (χ3v) is 6.49. The first-order chi connectivity index (χ1) is 16.8. The molecule has 1 aliphatic heterocycles. The molecule has 1 amide bonds. The number of halogens is 5. The van der Waals surface area contributed by atoms with E-state index in [1.165, 1.54) is 32.4 Å². The second kappa shape index (κ2) is 10.7. The normalized spacial score (nSPS) is 25.0. The molecule has 1 aromatic heterocycles. The van der Waals surface area contributed by atoms with Crippen molar-refractivity contribution in [3.05, 3.63) is 53.4 Å². The first kappa shape index (κ1) is 27.8. The Hall–Kier alpha value is -2.83. The molecule has 1 aromatic carbocycles. The van der Waals surface area contributed by atoms with Crippen LogP contribution in [0.4, 0.5) is 27.6 Å². The van der Waals surface area contributed by atoms with Gasteiger partial charge in [-0.2, -0.15) is 17.6 Å². The molecule has 0 spiro atoms. The number of carbonyl (C=O) groups excluding carboxylic acids is 1. The highest BCUT2D eigenvalue weighted by Crippen LogP contribution is 2.55. The van der Waals surface area contributed by atoms with E-state index in [0.717, 1.165) is 19.1 Å². The predicted molar refractivity (Wildman–Crippen MR) is 118 cm³/mol. The van der Waals surface area contributed by atoms with Crippen LogP contribution in [0, 0.1) is 17.6 Å². The highest BCUT2D eigenvalue weighted by atomic mass is 19.4. The van der Waals surface area contributed by atoms with Gasteiger partial charge in [-0.1, -0.05) is 13.0 Å². The van der Waals surface area contributed by atoms with Crippen LogP contribution in [-0.4, -0.2) is 53.7 Å². The summed E-state index contributed by atoms with van der Waals surface area (Å²) >= 11 is 0. The highest BCUT2D eigenvalue weighted by molar-refractivity contribution is 5.95. The Labute approximate surface area is 204 Å². The summed E-state index contributed by atoms with van der Waals surface area (Å²) in [6.45, 7) is 3.08. The number of anilines is 1. The molecule has 1 fully saturated rings. The molecule has 2 N–H and O–H groups in total. The van der Waals surface area contributed by atoms with E-state index in [0.29, 0.717) is 5.69 Å². The molecule has 0 bridgehead atoms. The van der Waals surface area contributed by atoms with E-state index in [4.69, 9.17) is 19.3 Å². The maximum atomic E-state index is 14.8. The maximum absolute atomic E-state index is 14.8. The van der Waals surface area contributed by atoms with E-state index in [9.17, 15) is 26.7 Å². The van der Waals surface area contributed by atoms with Crippen LogP contribution in [0.2, 0.25) is 0 Å². The third-order valence-electron chi connectivity index (χ3n) is 6.49. The number of nitrogens with one attached hydrogen (secondary N) is 1. The second-order valence-electron chi connectivity index (χ2n) is 8.78. The van der Waals surface area contributed by atoms with Crippen molar-refractivity contribution in [2.75, 3.05) is 19.0 Å². The summed E-state index contributed by atoms with van der Waals surface area (Å²) in [5.41, 5.74) is -2.47. The van der Waals surface area contributed by atoms with Crippen molar-refractivity contribution in [2.45, 2.75) is 57.3 Å². The molecule has 0 aliphatic carbocycles. The molecule has 7 nitrogen and oxygen atoms in total. The van der Waals surface area contributed by atoms with Gasteiger partial charge in [-0.25, -0.2) is 4.39 Å². The zero-order chi connectivity index (χ0) is 26.8. The predicted octanol–water partition coefficient (Wildman–Crippen LogP) is 4.34. The number of hydrogen-bond donors (Lipinski definition) is 2. The van der Waals surface area contributed by atoms with Gasteiger partial charge >= 0.3 is 6.18 Å². The molecular formula is C24H27F5N2O5. The largest absolute Gasteiger partial charge is 0.487 e. The molecule has 2 heterocycles. The summed E-state index contributed by atoms with van der Waals surface area (Å²) in [5, 5.41) is 11.6. The van der Waals surface area contributed by atoms with Crippen LogP contribution in [0.15, 0.2) is 30.5 Å². The first-order valence-electron chi connectivity index (χ1n) is 11.1. The van der Waals surface area contributed by atoms with E-state index < -0.39 is 59.1 Å². The molecule has 1 saturated heterocycles. The van der Waals surface area contributed by atoms with Gasteiger partial charge in [-0.15, -0.1) is 0 Å². The molecule has 1 aliphatic rings. The first-order valence-corrected chi connectivity index (χ1v) is 11.1. The topological polar surface area (TPSA) is 89.9 Å². The summed E-state index contributed by atoms with van der Waals surface area (Å²) in [7, 11) is 1.38. The Balaban J connectivity index is 2.06. The summed E-state index contributed by atoms with van der Waals surface area (Å²) in [4.78, 5) is 17.1. The molecule has 198 valence electrons. The maximum Gasteiger partial charge on any atom is 0.417 e. The Morgan fingerprint density at radius 1 is 1.28 bits per heavy atom. The standard InChI is InChI=1S/C24H27F5N2O5/c1-12(34-4)11-35-20-16(7-8-17(25)19(20)26)18-13(2)23(3,24(27,28)29)36-21(18)22(33)31-14-5-6-15(10-32)30-9-14/h5-9,12-13,18,21,32H,10-11H2,1-4H3,(H,31,33)/t12-,13-,18-,21+,23+/m0/s1. The molecule has 0 radical (unpaired) electrons. The number of carbonyl (C=O) groups is 1. The lowest BCUT2D eigenvalue weighted by Crippen LogP contribution is -2.47. The quantitative estimate of drug-likeness (QED) is 0.506. The zero-order valence-electron chi connectivity index (χ0n) is 20.0. The lowest BCUT2D eigenvalue weighted by Gasteiger charge is -2.32. The number of ether oxygens (including phenoxy) is 3. The minimum absolute atomic E-state index is 0.142. The number of aromatic nitrogens is 1. The van der Waals surface area contributed by atoms with Crippen molar-refractivity contribution < 1.29 is 46.1 Å². The molecule has 2 aromatic rings. The second-order valence-corrected chi connectivity index (χ2v) is 8.78. The van der Waals surface area contributed by atoms with Gasteiger partial charge in [0.1, 0.15) is 12.7 Å². The van der Waals surface area contributed by atoms with Crippen molar-refractivity contribution in [2.24, 2.45) is 5.92 Å². The summed E-state index contributed by atoms with van der Waals surface area (Å²) in [6.07, 6.45) is -5.94. The molecule has 0 saturated carbocycles. The van der Waals surface area contributed by atoms with Gasteiger partial charge in [0.05, 0.1) is 30.3 Å². The number of pyridine rings is 1. The van der Waals surface area contributed by atoms with Crippen LogP contribution >= 0.6 is 0 Å². The van der Waals surface area contributed by atoms with E-state index >= 15 is 0 Å². The fourth-order valence-corrected chi connectivity index (χ4v) is 4.05. The molecule has 5 atom stereocenters. The number of aliphatic hydroxyl groups excluding tert-OH is 1. The number of alkyl halides is 3. The lowest BCUT2D eigenvalue weighted by molar-refractivity contribution is -0.272. The average Bonchev–Trinajstić information content (AvgIpc) is 3.12. The van der Waals surface area contributed by atoms with Crippen LogP contribution in [-0.2, 0) is 20.9 Å². The van der Waals surface area contributed by atoms with Crippen LogP contribution < -0.4 is 10.1 Å². The number of methoxy groups -OCH3 is 1. The molecule has 12 heteroatoms. The van der Waals surface area contributed by atoms with Gasteiger partial charge in [0.15, 0.2) is 17.2 Å². The SMILES string of the molecule is CO[C@@H](C)COc1c([C@H]2[C@H](C(=O)Nc3ccc(CO)nc3)O[C@@](C)(C(F)(F)F)[C@H]2C)ccc(F)c1F. The van der Waals surface area contributed by atoms with Gasteiger partial charge in [0.25, 0.3) is 5.91 Å². The van der Waals surface area contributed by atoms with Gasteiger partial charge < -0.3 is 24.6 Å². The fraction of sp³-hybridized carbons (Fsp3) is 0.500. The van der Waals surface area contributed by atoms with E-state index in [1.807, 2.05) is 0 Å². The fourth-order valence-electron chi connectivity index (χ4n) is 4.05. The zero-order valence-corrected chi connectivity index (χ0v) is 20.0. The van der Waals surface area contributed by atoms with E-state index in [2.05, 4.69) is 10.3 Å². The number of rotatable bonds is 8. The number of amides is 1. The number of aliphatic hydroxyl groups is 1. The number of benzene rings is 1. The van der Waals surface area contributed by atoms with Gasteiger partial charge in [-0.3, -0.25) is 9.78 Å². The molecule has 0 unspecified atom stereocenters. The van der Waals surface area contributed by atoms with Gasteiger partial charge in [0, 0.05) is 24.5 Å². The summed E-state index contributed by atoms with van der Waals surface area (Å²) in [5.74, 6) is -6.97. The van der Waals surface area contributed by atoms with Crippen LogP contribution in [0.3, 0.4) is 0 Å².